The van der Waals surface area contributed by atoms with Gasteiger partial charge in [-0.1, -0.05) is 53.4 Å². The van der Waals surface area contributed by atoms with Crippen molar-refractivity contribution in [3.8, 4) is 24.3 Å². The molecule has 0 radical (unpaired) electrons. The Morgan fingerprint density at radius 3 is 1.98 bits per heavy atom. The molecule has 3 N–H and O–H groups in total. The smallest absolute Gasteiger partial charge is 0.219 e. The predicted molar refractivity (Wildman–Crippen MR) is 194 cm³/mol. The molecule has 46 heavy (non-hydrogen) atoms. The number of carbonyl (C=O) groups is 1. The largest absolute Gasteiger partial charge is 0.508 e. The number of pyridine rings is 1. The molecule has 0 spiro atoms. The van der Waals surface area contributed by atoms with Gasteiger partial charge in [0.25, 0.3) is 0 Å². The van der Waals surface area contributed by atoms with Gasteiger partial charge in [0.05, 0.1) is 11.3 Å². The summed E-state index contributed by atoms with van der Waals surface area (Å²) >= 11 is 3.52. The van der Waals surface area contributed by atoms with E-state index < -0.39 is 0 Å². The molecule has 1 aromatic heterocycles. The zero-order chi connectivity index (χ0) is 35.4. The second kappa shape index (κ2) is 22.8. The van der Waals surface area contributed by atoms with Crippen LogP contribution in [0.1, 0.15) is 122 Å². The molecule has 1 aromatic carbocycles. The van der Waals surface area contributed by atoms with E-state index in [1.165, 1.54) is 37.3 Å². The molecular formula is C38H61BrN2O5. The van der Waals surface area contributed by atoms with Crippen LogP contribution in [0.5, 0.6) is 11.5 Å². The standard InChI is InChI=1S/C21H23BrN2O3.C6H14.C5H12O.C4H10O.C2H2/c1-12(25)24-6-4-13(5-7-24)20-19-14(9-17(26)10-18(19)27)2-3-15-8-16(22)11-23-21(15)20;1-3-5-6-4-2;1-5(2,3)6-4;1-4(2)3-5;1-2/h8-11,13,20,26-27H,2-7H2,1H3;3-6H2,1-2H3;1-4H3;4-5H,3H2,1-2H3;1-2H. The summed E-state index contributed by atoms with van der Waals surface area (Å²) in [5.74, 6) is 1.05. The first-order valence-corrected chi connectivity index (χ1v) is 17.4. The van der Waals surface area contributed by atoms with Crippen LogP contribution in [0.2, 0.25) is 0 Å². The number of phenols is 2. The first-order valence-electron chi connectivity index (χ1n) is 16.6. The number of ether oxygens (including phenoxy) is 1. The van der Waals surface area contributed by atoms with Crippen molar-refractivity contribution < 1.29 is 24.9 Å². The summed E-state index contributed by atoms with van der Waals surface area (Å²) in [6, 6.07) is 5.32. The van der Waals surface area contributed by atoms with Gasteiger partial charge >= 0.3 is 0 Å². The number of methoxy groups -OCH3 is 1. The van der Waals surface area contributed by atoms with Crippen molar-refractivity contribution in [1.29, 1.82) is 0 Å². The number of hydrogen-bond acceptors (Lipinski definition) is 6. The number of aryl methyl sites for hydroxylation is 2. The highest BCUT2D eigenvalue weighted by Crippen LogP contribution is 2.47. The number of nitrogens with zero attached hydrogens (tertiary/aromatic N) is 2. The summed E-state index contributed by atoms with van der Waals surface area (Å²) in [5, 5.41) is 28.9. The number of aromatic hydroxyl groups is 2. The Morgan fingerprint density at radius 1 is 1.04 bits per heavy atom. The number of rotatable bonds is 5. The van der Waals surface area contributed by atoms with Crippen molar-refractivity contribution in [3.63, 3.8) is 0 Å². The molecule has 0 saturated carbocycles. The average molecular weight is 706 g/mol. The van der Waals surface area contributed by atoms with Crippen molar-refractivity contribution in [3.05, 3.63) is 51.3 Å². The van der Waals surface area contributed by atoms with Crippen LogP contribution >= 0.6 is 15.9 Å². The molecule has 4 rings (SSSR count). The topological polar surface area (TPSA) is 103 Å². The summed E-state index contributed by atoms with van der Waals surface area (Å²) in [4.78, 5) is 18.3. The summed E-state index contributed by atoms with van der Waals surface area (Å²) in [6.45, 7) is 17.9. The number of amides is 1. The van der Waals surface area contributed by atoms with Gasteiger partial charge in [-0.05, 0) is 97.5 Å². The molecule has 8 heteroatoms. The highest BCUT2D eigenvalue weighted by molar-refractivity contribution is 9.10. The van der Waals surface area contributed by atoms with E-state index in [9.17, 15) is 15.0 Å². The van der Waals surface area contributed by atoms with Crippen LogP contribution in [0.15, 0.2) is 28.9 Å². The Morgan fingerprint density at radius 2 is 1.54 bits per heavy atom. The third kappa shape index (κ3) is 15.8. The van der Waals surface area contributed by atoms with Gasteiger partial charge in [-0.2, -0.15) is 0 Å². The number of terminal acetylenes is 1. The number of phenolic OH excluding ortho intramolecular Hbond substituents is 2. The molecule has 260 valence electrons. The van der Waals surface area contributed by atoms with E-state index in [1.54, 1.807) is 20.1 Å². The van der Waals surface area contributed by atoms with Gasteiger partial charge in [-0.25, -0.2) is 0 Å². The molecule has 1 saturated heterocycles. The lowest BCUT2D eigenvalue weighted by atomic mass is 9.76. The SMILES string of the molecule is C#C.CC(=O)N1CCC(C2c3ncc(Br)cc3CCc3cc(O)cc(O)c32)CC1.CC(C)CO.CCCCCC.COC(C)(C)C. The number of unbranched alkanes of at least 4 members (excludes halogenated alkanes) is 3. The van der Waals surface area contributed by atoms with Crippen LogP contribution in [0, 0.1) is 24.7 Å². The van der Waals surface area contributed by atoms with Crippen LogP contribution < -0.4 is 0 Å². The number of halogens is 1. The maximum atomic E-state index is 11.7. The summed E-state index contributed by atoms with van der Waals surface area (Å²) in [7, 11) is 1.71. The van der Waals surface area contributed by atoms with Gasteiger partial charge in [0.15, 0.2) is 0 Å². The first kappa shape index (κ1) is 43.4. The van der Waals surface area contributed by atoms with E-state index in [0.29, 0.717) is 18.4 Å². The Labute approximate surface area is 288 Å². The summed E-state index contributed by atoms with van der Waals surface area (Å²) in [5.41, 5.74) is 4.11. The number of hydrogen-bond donors (Lipinski definition) is 3. The van der Waals surface area contributed by atoms with E-state index in [1.807, 2.05) is 45.7 Å². The molecular weight excluding hydrogens is 644 g/mol. The van der Waals surface area contributed by atoms with Gasteiger partial charge in [-0.15, -0.1) is 12.8 Å². The number of aliphatic hydroxyl groups is 1. The number of aliphatic hydroxyl groups excluding tert-OH is 1. The van der Waals surface area contributed by atoms with Gasteiger partial charge < -0.3 is 25.0 Å². The van der Waals surface area contributed by atoms with Crippen molar-refractivity contribution in [2.24, 2.45) is 11.8 Å². The van der Waals surface area contributed by atoms with Crippen LogP contribution in [-0.2, 0) is 22.4 Å². The number of likely N-dealkylation sites (tertiary alicyclic amines) is 1. The van der Waals surface area contributed by atoms with Crippen LogP contribution in [-0.4, -0.2) is 63.5 Å². The lowest BCUT2D eigenvalue weighted by Crippen LogP contribution is -2.38. The third-order valence-electron chi connectivity index (χ3n) is 7.86. The third-order valence-corrected chi connectivity index (χ3v) is 8.29. The molecule has 2 aromatic rings. The Hall–Kier alpha value is -2.60. The molecule has 0 bridgehead atoms. The average Bonchev–Trinajstić information content (AvgIpc) is 3.18. The molecule has 2 aliphatic rings. The number of aromatic nitrogens is 1. The van der Waals surface area contributed by atoms with E-state index in [-0.39, 0.29) is 28.9 Å². The second-order valence-corrected chi connectivity index (χ2v) is 14.1. The highest BCUT2D eigenvalue weighted by Gasteiger charge is 2.36. The fourth-order valence-corrected chi connectivity index (χ4v) is 5.51. The molecule has 1 unspecified atom stereocenters. The van der Waals surface area contributed by atoms with Crippen molar-refractivity contribution in [2.45, 2.75) is 118 Å². The monoisotopic (exact) mass is 704 g/mol. The number of fused-ring (bicyclic) bond motifs is 2. The van der Waals surface area contributed by atoms with E-state index in [2.05, 4.69) is 48.7 Å². The maximum Gasteiger partial charge on any atom is 0.219 e. The van der Waals surface area contributed by atoms with Gasteiger partial charge in [0.1, 0.15) is 11.5 Å². The normalized spacial score (nSPS) is 15.5. The van der Waals surface area contributed by atoms with Gasteiger partial charge in [0.2, 0.25) is 5.91 Å². The van der Waals surface area contributed by atoms with Crippen LogP contribution in [0.25, 0.3) is 0 Å². The maximum absolute atomic E-state index is 11.7. The lowest BCUT2D eigenvalue weighted by molar-refractivity contribution is -0.130. The van der Waals surface area contributed by atoms with E-state index in [4.69, 9.17) is 14.8 Å². The summed E-state index contributed by atoms with van der Waals surface area (Å²) in [6.07, 6.45) is 18.7. The number of piperidine rings is 1. The van der Waals surface area contributed by atoms with Crippen molar-refractivity contribution in [2.75, 3.05) is 26.8 Å². The number of carbonyl (C=O) groups excluding carboxylic acids is 1. The minimum Gasteiger partial charge on any atom is -0.508 e. The fourth-order valence-electron chi connectivity index (χ4n) is 5.13. The predicted octanol–water partition coefficient (Wildman–Crippen LogP) is 8.65. The molecule has 1 amide bonds. The fraction of sp³-hybridized carbons (Fsp3) is 0.632. The molecule has 2 heterocycles. The quantitative estimate of drug-likeness (QED) is 0.213. The van der Waals surface area contributed by atoms with Crippen LogP contribution in [0.3, 0.4) is 0 Å². The van der Waals surface area contributed by atoms with Crippen LogP contribution in [0.4, 0.5) is 0 Å². The minimum absolute atomic E-state index is 0.0275. The summed E-state index contributed by atoms with van der Waals surface area (Å²) < 4.78 is 5.89. The van der Waals surface area contributed by atoms with Crippen molar-refractivity contribution in [1.82, 2.24) is 9.88 Å². The first-order chi connectivity index (χ1) is 21.7. The zero-order valence-electron chi connectivity index (χ0n) is 29.9. The van der Waals surface area contributed by atoms with Crippen molar-refractivity contribution >= 4 is 21.8 Å². The van der Waals surface area contributed by atoms with E-state index >= 15 is 0 Å². The lowest BCUT2D eigenvalue weighted by Gasteiger charge is -2.36. The zero-order valence-corrected chi connectivity index (χ0v) is 31.5. The Balaban J connectivity index is 0.000000877. The van der Waals surface area contributed by atoms with E-state index in [0.717, 1.165) is 60.1 Å². The van der Waals surface area contributed by atoms with Gasteiger partial charge in [-0.3, -0.25) is 9.78 Å². The Kier molecular flexibility index (Phi) is 21.6. The second-order valence-electron chi connectivity index (χ2n) is 13.2. The molecule has 1 atom stereocenters. The molecule has 1 aliphatic heterocycles. The number of benzene rings is 1. The highest BCUT2D eigenvalue weighted by atomic mass is 79.9. The molecule has 1 aliphatic carbocycles. The molecule has 1 fully saturated rings. The van der Waals surface area contributed by atoms with Gasteiger partial charge in [0, 0.05) is 61.9 Å². The Bertz CT molecular complexity index is 1160. The minimum atomic E-state index is -0.0275. The molecule has 7 nitrogen and oxygen atoms in total.